The van der Waals surface area contributed by atoms with Crippen molar-refractivity contribution in [2.45, 2.75) is 19.9 Å². The van der Waals surface area contributed by atoms with Crippen LogP contribution in [0, 0.1) is 0 Å². The Morgan fingerprint density at radius 1 is 0.958 bits per heavy atom. The van der Waals surface area contributed by atoms with E-state index in [1.807, 2.05) is 17.5 Å². The number of carbonyl (C=O) groups excluding carboxylic acids is 3. The van der Waals surface area contributed by atoms with Gasteiger partial charge in [-0.3, -0.25) is 14.4 Å². The smallest absolute Gasteiger partial charge is 0.261 e. The summed E-state index contributed by atoms with van der Waals surface area (Å²) in [6, 6.07) is 7.19. The molecule has 0 saturated heterocycles. The average Bonchev–Trinajstić information content (AvgIpc) is 3.23. The largest absolute Gasteiger partial charge is 0.351 e. The van der Waals surface area contributed by atoms with E-state index < -0.39 is 0 Å². The van der Waals surface area contributed by atoms with Crippen LogP contribution < -0.4 is 16.0 Å². The number of nitrogens with one attached hydrogen (secondary N) is 3. The van der Waals surface area contributed by atoms with Gasteiger partial charge in [-0.15, -0.1) is 22.7 Å². The summed E-state index contributed by atoms with van der Waals surface area (Å²) < 4.78 is 0. The van der Waals surface area contributed by atoms with E-state index in [0.717, 1.165) is 4.88 Å². The fourth-order valence-corrected chi connectivity index (χ4v) is 3.38. The monoisotopic (exact) mass is 365 g/mol. The molecule has 8 heteroatoms. The van der Waals surface area contributed by atoms with Crippen molar-refractivity contribution in [3.63, 3.8) is 0 Å². The number of thiophene rings is 2. The second-order valence-electron chi connectivity index (χ2n) is 5.02. The zero-order valence-electron chi connectivity index (χ0n) is 13.3. The lowest BCUT2D eigenvalue weighted by atomic mass is 10.3. The number of rotatable bonds is 8. The van der Waals surface area contributed by atoms with Crippen molar-refractivity contribution in [2.75, 3.05) is 13.1 Å². The molecule has 24 heavy (non-hydrogen) atoms. The Balaban J connectivity index is 1.64. The second kappa shape index (κ2) is 9.19. The van der Waals surface area contributed by atoms with Crippen molar-refractivity contribution < 1.29 is 14.4 Å². The first-order chi connectivity index (χ1) is 11.6. The highest BCUT2D eigenvalue weighted by molar-refractivity contribution is 7.14. The van der Waals surface area contributed by atoms with Crippen molar-refractivity contribution in [3.8, 4) is 0 Å². The molecule has 0 saturated carbocycles. The maximum absolute atomic E-state index is 12.0. The zero-order chi connectivity index (χ0) is 17.4. The number of amides is 3. The van der Waals surface area contributed by atoms with Gasteiger partial charge in [0, 0.05) is 24.9 Å². The molecule has 2 rings (SSSR count). The predicted octanol–water partition coefficient (Wildman–Crippen LogP) is 2.00. The third kappa shape index (κ3) is 5.78. The lowest BCUT2D eigenvalue weighted by molar-refractivity contribution is -0.119. The Hall–Kier alpha value is -2.19. The van der Waals surface area contributed by atoms with E-state index in [1.54, 1.807) is 12.1 Å². The van der Waals surface area contributed by atoms with Gasteiger partial charge in [0.15, 0.2) is 0 Å². The Kier molecular flexibility index (Phi) is 6.95. The summed E-state index contributed by atoms with van der Waals surface area (Å²) in [5, 5.41) is 10.2. The maximum Gasteiger partial charge on any atom is 0.261 e. The van der Waals surface area contributed by atoms with Gasteiger partial charge in [-0.1, -0.05) is 6.07 Å². The topological polar surface area (TPSA) is 87.3 Å². The molecule has 0 fully saturated rings. The molecule has 0 aliphatic carbocycles. The highest BCUT2D eigenvalue weighted by Gasteiger charge is 2.09. The summed E-state index contributed by atoms with van der Waals surface area (Å²) in [5.74, 6) is -0.324. The van der Waals surface area contributed by atoms with Crippen LogP contribution in [-0.2, 0) is 11.3 Å². The minimum Gasteiger partial charge on any atom is -0.351 e. The van der Waals surface area contributed by atoms with E-state index in [2.05, 4.69) is 16.0 Å². The molecule has 0 atom stereocenters. The molecule has 2 aromatic rings. The van der Waals surface area contributed by atoms with E-state index in [4.69, 9.17) is 0 Å². The quantitative estimate of drug-likeness (QED) is 0.625. The van der Waals surface area contributed by atoms with E-state index in [1.165, 1.54) is 29.6 Å². The minimum atomic E-state index is -0.140. The van der Waals surface area contributed by atoms with E-state index in [9.17, 15) is 14.4 Å². The molecule has 3 N–H and O–H groups in total. The molecule has 0 bridgehead atoms. The molecule has 3 amide bonds. The highest BCUT2D eigenvalue weighted by atomic mass is 32.1. The van der Waals surface area contributed by atoms with Gasteiger partial charge in [-0.05, 0) is 30.0 Å². The van der Waals surface area contributed by atoms with Crippen molar-refractivity contribution in [1.29, 1.82) is 0 Å². The lowest BCUT2D eigenvalue weighted by Crippen LogP contribution is -2.29. The minimum absolute atomic E-state index is 0.0859. The van der Waals surface area contributed by atoms with Gasteiger partial charge in [0.2, 0.25) is 5.91 Å². The van der Waals surface area contributed by atoms with Crippen molar-refractivity contribution in [1.82, 2.24) is 16.0 Å². The van der Waals surface area contributed by atoms with Crippen molar-refractivity contribution >= 4 is 40.4 Å². The molecule has 6 nitrogen and oxygen atoms in total. The molecular weight excluding hydrogens is 346 g/mol. The van der Waals surface area contributed by atoms with Crippen molar-refractivity contribution in [2.24, 2.45) is 0 Å². The standard InChI is InChI=1S/C16H19N3O3S2/c1-11(20)19-10-12-5-6-14(24-12)16(22)18-8-3-7-17-15(21)13-4-2-9-23-13/h2,4-6,9H,3,7-8,10H2,1H3,(H,17,21)(H,18,22)(H,19,20). The van der Waals surface area contributed by atoms with Crippen LogP contribution in [-0.4, -0.2) is 30.8 Å². The summed E-state index contributed by atoms with van der Waals surface area (Å²) in [4.78, 5) is 36.8. The van der Waals surface area contributed by atoms with Gasteiger partial charge in [0.25, 0.3) is 11.8 Å². The summed E-state index contributed by atoms with van der Waals surface area (Å²) in [7, 11) is 0. The summed E-state index contributed by atoms with van der Waals surface area (Å²) in [6.07, 6.45) is 0.660. The molecule has 0 aliphatic heterocycles. The van der Waals surface area contributed by atoms with Crippen LogP contribution >= 0.6 is 22.7 Å². The molecule has 2 aromatic heterocycles. The van der Waals surface area contributed by atoms with Gasteiger partial charge in [-0.2, -0.15) is 0 Å². The van der Waals surface area contributed by atoms with Crippen LogP contribution in [0.3, 0.4) is 0 Å². The number of hydrogen-bond acceptors (Lipinski definition) is 5. The van der Waals surface area contributed by atoms with Gasteiger partial charge in [0.05, 0.1) is 16.3 Å². The van der Waals surface area contributed by atoms with Crippen LogP contribution in [0.15, 0.2) is 29.6 Å². The number of hydrogen-bond donors (Lipinski definition) is 3. The van der Waals surface area contributed by atoms with Crippen LogP contribution in [0.5, 0.6) is 0 Å². The molecule has 0 unspecified atom stereocenters. The number of carbonyl (C=O) groups is 3. The van der Waals surface area contributed by atoms with Crippen LogP contribution in [0.4, 0.5) is 0 Å². The molecule has 2 heterocycles. The first kappa shape index (κ1) is 18.2. The van der Waals surface area contributed by atoms with E-state index in [-0.39, 0.29) is 17.7 Å². The fraction of sp³-hybridized carbons (Fsp3) is 0.312. The predicted molar refractivity (Wildman–Crippen MR) is 95.4 cm³/mol. The van der Waals surface area contributed by atoms with E-state index >= 15 is 0 Å². The highest BCUT2D eigenvalue weighted by Crippen LogP contribution is 2.16. The molecular formula is C16H19N3O3S2. The van der Waals surface area contributed by atoms with E-state index in [0.29, 0.717) is 35.8 Å². The third-order valence-electron chi connectivity index (χ3n) is 3.07. The first-order valence-electron chi connectivity index (χ1n) is 7.49. The summed E-state index contributed by atoms with van der Waals surface area (Å²) >= 11 is 2.75. The fourth-order valence-electron chi connectivity index (χ4n) is 1.88. The van der Waals surface area contributed by atoms with Crippen LogP contribution in [0.2, 0.25) is 0 Å². The lowest BCUT2D eigenvalue weighted by Gasteiger charge is -2.05. The first-order valence-corrected chi connectivity index (χ1v) is 9.19. The molecule has 0 radical (unpaired) electrons. The Morgan fingerprint density at radius 2 is 1.67 bits per heavy atom. The Bertz CT molecular complexity index is 695. The maximum atomic E-state index is 12.0. The molecule has 0 spiro atoms. The van der Waals surface area contributed by atoms with Gasteiger partial charge in [0.1, 0.15) is 0 Å². The molecule has 128 valence electrons. The Labute approximate surface area is 148 Å². The van der Waals surface area contributed by atoms with Gasteiger partial charge < -0.3 is 16.0 Å². The third-order valence-corrected chi connectivity index (χ3v) is 5.02. The van der Waals surface area contributed by atoms with Crippen LogP contribution in [0.25, 0.3) is 0 Å². The molecule has 0 aliphatic rings. The average molecular weight is 365 g/mol. The van der Waals surface area contributed by atoms with Crippen molar-refractivity contribution in [3.05, 3.63) is 44.3 Å². The van der Waals surface area contributed by atoms with Gasteiger partial charge >= 0.3 is 0 Å². The second-order valence-corrected chi connectivity index (χ2v) is 7.13. The molecule has 0 aromatic carbocycles. The van der Waals surface area contributed by atoms with Crippen LogP contribution in [0.1, 0.15) is 37.6 Å². The van der Waals surface area contributed by atoms with Gasteiger partial charge in [-0.25, -0.2) is 0 Å². The summed E-state index contributed by atoms with van der Waals surface area (Å²) in [6.45, 7) is 2.89. The normalized spacial score (nSPS) is 10.2. The summed E-state index contributed by atoms with van der Waals surface area (Å²) in [5.41, 5.74) is 0. The Morgan fingerprint density at radius 3 is 2.29 bits per heavy atom. The zero-order valence-corrected chi connectivity index (χ0v) is 14.9. The SMILES string of the molecule is CC(=O)NCc1ccc(C(=O)NCCCNC(=O)c2cccs2)s1.